The number of hydrogen-bond donors (Lipinski definition) is 3. The van der Waals surface area contributed by atoms with E-state index in [0.29, 0.717) is 17.7 Å². The first-order valence-electron chi connectivity index (χ1n) is 9.79. The normalized spacial score (nSPS) is 17.1. The van der Waals surface area contributed by atoms with Crippen LogP contribution < -0.4 is 10.6 Å². The van der Waals surface area contributed by atoms with Gasteiger partial charge in [0, 0.05) is 17.7 Å². The van der Waals surface area contributed by atoms with Crippen LogP contribution in [0.15, 0.2) is 47.5 Å². The van der Waals surface area contributed by atoms with E-state index in [2.05, 4.69) is 20.6 Å². The first kappa shape index (κ1) is 20.2. The minimum absolute atomic E-state index is 0.0439. The van der Waals surface area contributed by atoms with Crippen LogP contribution in [0.3, 0.4) is 0 Å². The molecule has 2 fully saturated rings. The molecule has 2 aromatic rings. The number of carbonyl (C=O) groups is 1. The van der Waals surface area contributed by atoms with E-state index in [-0.39, 0.29) is 23.4 Å². The maximum absolute atomic E-state index is 12.8. The smallest absolute Gasteiger partial charge is 0.416 e. The van der Waals surface area contributed by atoms with Gasteiger partial charge < -0.3 is 15.7 Å². The van der Waals surface area contributed by atoms with Gasteiger partial charge >= 0.3 is 6.18 Å². The molecule has 2 aliphatic rings. The van der Waals surface area contributed by atoms with Crippen LogP contribution in [0, 0.1) is 11.8 Å². The summed E-state index contributed by atoms with van der Waals surface area (Å²) in [5.74, 6) is 0.637. The van der Waals surface area contributed by atoms with Crippen molar-refractivity contribution in [2.24, 2.45) is 16.8 Å². The zero-order valence-corrected chi connectivity index (χ0v) is 16.0. The fourth-order valence-electron chi connectivity index (χ4n) is 3.37. The monoisotopic (exact) mass is 418 g/mol. The summed E-state index contributed by atoms with van der Waals surface area (Å²) in [5, 5.41) is 15.8. The number of aliphatic imine (C=N–C) groups is 1. The Kier molecular flexibility index (Phi) is 5.36. The van der Waals surface area contributed by atoms with E-state index in [4.69, 9.17) is 0 Å². The van der Waals surface area contributed by atoms with Gasteiger partial charge in [-0.15, -0.1) is 0 Å². The van der Waals surface area contributed by atoms with Crippen molar-refractivity contribution in [2.75, 3.05) is 5.32 Å². The lowest BCUT2D eigenvalue weighted by Gasteiger charge is -2.21. The molecule has 1 heterocycles. The molecule has 0 aliphatic heterocycles. The number of nitrogens with one attached hydrogen (secondary N) is 2. The lowest BCUT2D eigenvalue weighted by atomic mass is 10.1. The van der Waals surface area contributed by atoms with E-state index in [1.807, 2.05) is 0 Å². The third-order valence-corrected chi connectivity index (χ3v) is 5.22. The number of guanidine groups is 1. The van der Waals surface area contributed by atoms with Crippen molar-refractivity contribution in [2.45, 2.75) is 37.9 Å². The molecule has 2 aliphatic carbocycles. The van der Waals surface area contributed by atoms with E-state index >= 15 is 0 Å². The van der Waals surface area contributed by atoms with Crippen LogP contribution in [0.1, 0.15) is 41.6 Å². The Bertz CT molecular complexity index is 939. The van der Waals surface area contributed by atoms with Crippen molar-refractivity contribution in [3.63, 3.8) is 0 Å². The van der Waals surface area contributed by atoms with E-state index in [9.17, 15) is 23.1 Å². The molecule has 0 radical (unpaired) electrons. The highest BCUT2D eigenvalue weighted by atomic mass is 19.4. The molecule has 0 unspecified atom stereocenters. The fourth-order valence-corrected chi connectivity index (χ4v) is 3.37. The third kappa shape index (κ3) is 5.08. The number of pyridine rings is 1. The highest BCUT2D eigenvalue weighted by Gasteiger charge is 2.42. The quantitative estimate of drug-likeness (QED) is 0.501. The second kappa shape index (κ2) is 7.97. The maximum atomic E-state index is 12.8. The van der Waals surface area contributed by atoms with Crippen LogP contribution in [0.5, 0.6) is 5.88 Å². The number of rotatable bonds is 5. The van der Waals surface area contributed by atoms with Gasteiger partial charge in [0.1, 0.15) is 5.82 Å². The molecule has 9 heteroatoms. The molecule has 0 spiro atoms. The molecule has 0 bridgehead atoms. The third-order valence-electron chi connectivity index (χ3n) is 5.22. The lowest BCUT2D eigenvalue weighted by molar-refractivity contribution is -0.137. The van der Waals surface area contributed by atoms with Gasteiger partial charge in [-0.2, -0.15) is 23.1 Å². The number of aromatic hydroxyl groups is 1. The Labute approximate surface area is 171 Å². The predicted octanol–water partition coefficient (Wildman–Crippen LogP) is 4.19. The van der Waals surface area contributed by atoms with Crippen molar-refractivity contribution in [3.05, 3.63) is 53.6 Å². The second-order valence-corrected chi connectivity index (χ2v) is 7.69. The largest absolute Gasteiger partial charge is 0.493 e. The molecule has 1 amide bonds. The predicted molar refractivity (Wildman–Crippen MR) is 105 cm³/mol. The molecule has 1 aromatic carbocycles. The van der Waals surface area contributed by atoms with Gasteiger partial charge in [0.25, 0.3) is 5.91 Å². The van der Waals surface area contributed by atoms with Crippen LogP contribution >= 0.6 is 0 Å². The summed E-state index contributed by atoms with van der Waals surface area (Å²) in [6, 6.07) is 8.74. The number of anilines is 1. The fraction of sp³-hybridized carbons (Fsp3) is 0.381. The van der Waals surface area contributed by atoms with E-state index in [1.165, 1.54) is 6.07 Å². The minimum atomic E-state index is -4.47. The van der Waals surface area contributed by atoms with E-state index in [1.54, 1.807) is 12.1 Å². The van der Waals surface area contributed by atoms with Gasteiger partial charge in [0.15, 0.2) is 0 Å². The van der Waals surface area contributed by atoms with Gasteiger partial charge in [-0.05, 0) is 67.9 Å². The summed E-state index contributed by atoms with van der Waals surface area (Å²) >= 11 is 0. The Hall–Kier alpha value is -3.10. The van der Waals surface area contributed by atoms with E-state index in [0.717, 1.165) is 49.9 Å². The van der Waals surface area contributed by atoms with Crippen LogP contribution in [-0.2, 0) is 6.18 Å². The molecule has 30 heavy (non-hydrogen) atoms. The molecule has 3 N–H and O–H groups in total. The molecular formula is C21H21F3N4O2. The maximum Gasteiger partial charge on any atom is 0.416 e. The Morgan fingerprint density at radius 3 is 2.23 bits per heavy atom. The van der Waals surface area contributed by atoms with Crippen molar-refractivity contribution in [1.82, 2.24) is 10.3 Å². The topological polar surface area (TPSA) is 86.6 Å². The number of carbonyl (C=O) groups excluding carboxylic acids is 1. The number of benzene rings is 1. The standard InChI is InChI=1S/C21H21F3N4O2/c22-21(23,24)15-10-8-14(9-11-15)19(30)28-20(26-16-2-1-3-17(29)25-16)27-18(12-4-5-12)13-6-7-13/h1-3,8-13,18H,4-7H2,(H3,25,26,27,28,29,30). The van der Waals surface area contributed by atoms with Crippen molar-refractivity contribution >= 4 is 17.7 Å². The average molecular weight is 418 g/mol. The Balaban J connectivity index is 1.56. The summed E-state index contributed by atoms with van der Waals surface area (Å²) in [6.07, 6.45) is -0.0312. The number of amides is 1. The van der Waals surface area contributed by atoms with Crippen molar-refractivity contribution in [3.8, 4) is 5.88 Å². The van der Waals surface area contributed by atoms with Crippen molar-refractivity contribution in [1.29, 1.82) is 0 Å². The molecule has 0 saturated heterocycles. The molecular weight excluding hydrogens is 397 g/mol. The number of alkyl halides is 3. The molecule has 4 rings (SSSR count). The molecule has 6 nitrogen and oxygen atoms in total. The molecule has 158 valence electrons. The van der Waals surface area contributed by atoms with Gasteiger partial charge in [-0.3, -0.25) is 4.79 Å². The first-order valence-corrected chi connectivity index (χ1v) is 9.79. The number of nitrogens with zero attached hydrogens (tertiary/aromatic N) is 2. The van der Waals surface area contributed by atoms with Crippen molar-refractivity contribution < 1.29 is 23.1 Å². The summed E-state index contributed by atoms with van der Waals surface area (Å²) in [4.78, 5) is 20.6. The summed E-state index contributed by atoms with van der Waals surface area (Å²) in [6.45, 7) is 0. The van der Waals surface area contributed by atoms with Crippen LogP contribution in [0.2, 0.25) is 0 Å². The van der Waals surface area contributed by atoms with Crippen LogP contribution in [0.4, 0.5) is 19.0 Å². The molecule has 2 saturated carbocycles. The van der Waals surface area contributed by atoms with Gasteiger partial charge in [0.05, 0.1) is 5.56 Å². The average Bonchev–Trinajstić information content (AvgIpc) is 3.59. The summed E-state index contributed by atoms with van der Waals surface area (Å²) in [5.41, 5.74) is -0.784. The highest BCUT2D eigenvalue weighted by Crippen LogP contribution is 2.44. The number of hydrogen-bond acceptors (Lipinski definition) is 3. The molecule has 1 aromatic heterocycles. The van der Waals surface area contributed by atoms with Gasteiger partial charge in [0.2, 0.25) is 11.8 Å². The Morgan fingerprint density at radius 2 is 1.70 bits per heavy atom. The highest BCUT2D eigenvalue weighted by molar-refractivity contribution is 6.06. The Morgan fingerprint density at radius 1 is 1.07 bits per heavy atom. The zero-order valence-electron chi connectivity index (χ0n) is 16.0. The van der Waals surface area contributed by atoms with Crippen LogP contribution in [0.25, 0.3) is 0 Å². The SMILES string of the molecule is O=C(/N=C(/Nc1cccc(O)n1)NC(C1CC1)C1CC1)c1ccc(C(F)(F)F)cc1. The first-order chi connectivity index (χ1) is 14.3. The molecule has 0 atom stereocenters. The van der Waals surface area contributed by atoms with Gasteiger partial charge in [-0.25, -0.2) is 0 Å². The second-order valence-electron chi connectivity index (χ2n) is 7.69. The number of aromatic nitrogens is 1. The van der Waals surface area contributed by atoms with Gasteiger partial charge in [-0.1, -0.05) is 6.07 Å². The lowest BCUT2D eigenvalue weighted by Crippen LogP contribution is -2.42. The minimum Gasteiger partial charge on any atom is -0.493 e. The summed E-state index contributed by atoms with van der Waals surface area (Å²) in [7, 11) is 0. The van der Waals surface area contributed by atoms with Crippen LogP contribution in [-0.4, -0.2) is 28.0 Å². The number of halogens is 3. The summed E-state index contributed by atoms with van der Waals surface area (Å²) < 4.78 is 38.3. The zero-order chi connectivity index (χ0) is 21.3. The van der Waals surface area contributed by atoms with E-state index < -0.39 is 17.6 Å².